The van der Waals surface area contributed by atoms with Gasteiger partial charge in [-0.3, -0.25) is 4.79 Å². The van der Waals surface area contributed by atoms with E-state index in [0.717, 1.165) is 10.9 Å². The molecule has 5 nitrogen and oxygen atoms in total. The molecule has 109 valence electrons. The summed E-state index contributed by atoms with van der Waals surface area (Å²) in [6.45, 7) is 2.03. The van der Waals surface area contributed by atoms with Gasteiger partial charge in [0.05, 0.1) is 5.52 Å². The predicted octanol–water partition coefficient (Wildman–Crippen LogP) is 2.70. The van der Waals surface area contributed by atoms with E-state index in [-0.39, 0.29) is 11.9 Å². The van der Waals surface area contributed by atoms with Gasteiger partial charge in [-0.15, -0.1) is 0 Å². The zero-order valence-electron chi connectivity index (χ0n) is 12.1. The fraction of sp³-hybridized carbons (Fsp3) is 0.118. The van der Waals surface area contributed by atoms with Crippen LogP contribution in [0.25, 0.3) is 10.9 Å². The molecule has 3 rings (SSSR count). The second-order valence-corrected chi connectivity index (χ2v) is 4.98. The van der Waals surface area contributed by atoms with Crippen LogP contribution in [0.3, 0.4) is 0 Å². The summed E-state index contributed by atoms with van der Waals surface area (Å²) < 4.78 is 0. The molecule has 1 amide bonds. The number of nitrogens with two attached hydrogens (primary N) is 1. The monoisotopic (exact) mass is 291 g/mol. The van der Waals surface area contributed by atoms with Gasteiger partial charge < -0.3 is 11.1 Å². The molecular formula is C17H15N4O. The molecule has 3 aromatic rings. The van der Waals surface area contributed by atoms with Crippen LogP contribution in [0.5, 0.6) is 0 Å². The molecule has 1 unspecified atom stereocenters. The van der Waals surface area contributed by atoms with Gasteiger partial charge in [-0.2, -0.15) is 0 Å². The topological polar surface area (TPSA) is 80.9 Å². The Kier molecular flexibility index (Phi) is 3.70. The molecule has 0 aliphatic carbocycles. The van der Waals surface area contributed by atoms with E-state index in [0.29, 0.717) is 11.3 Å². The van der Waals surface area contributed by atoms with Gasteiger partial charge in [0, 0.05) is 11.4 Å². The van der Waals surface area contributed by atoms with Gasteiger partial charge in [0.25, 0.3) is 5.91 Å². The summed E-state index contributed by atoms with van der Waals surface area (Å²) in [7, 11) is 0. The lowest BCUT2D eigenvalue weighted by Crippen LogP contribution is -2.17. The van der Waals surface area contributed by atoms with Crippen LogP contribution in [-0.2, 0) is 0 Å². The zero-order chi connectivity index (χ0) is 15.5. The third-order valence-electron chi connectivity index (χ3n) is 3.41. The molecular weight excluding hydrogens is 276 g/mol. The molecule has 0 aliphatic heterocycles. The normalized spacial score (nSPS) is 12.0. The van der Waals surface area contributed by atoms with E-state index in [1.165, 1.54) is 0 Å². The average molecular weight is 291 g/mol. The maximum Gasteiger partial charge on any atom is 0.286 e. The molecule has 5 heteroatoms. The van der Waals surface area contributed by atoms with Crippen LogP contribution in [0.15, 0.2) is 48.5 Å². The SMILES string of the molecule is CC(Nc1nc(C(N)=O)nc2cc[c]cc12)c1ccccc1. The highest BCUT2D eigenvalue weighted by molar-refractivity contribution is 5.95. The summed E-state index contributed by atoms with van der Waals surface area (Å²) in [5.41, 5.74) is 7.09. The maximum atomic E-state index is 11.4. The highest BCUT2D eigenvalue weighted by atomic mass is 16.1. The van der Waals surface area contributed by atoms with E-state index in [4.69, 9.17) is 5.73 Å². The summed E-state index contributed by atoms with van der Waals surface area (Å²) in [5, 5.41) is 4.12. The third kappa shape index (κ3) is 2.74. The molecule has 1 atom stereocenters. The number of rotatable bonds is 4. The van der Waals surface area contributed by atoms with Crippen molar-refractivity contribution < 1.29 is 4.79 Å². The van der Waals surface area contributed by atoms with Crippen molar-refractivity contribution in [2.75, 3.05) is 5.32 Å². The van der Waals surface area contributed by atoms with E-state index in [9.17, 15) is 4.79 Å². The summed E-state index contributed by atoms with van der Waals surface area (Å²) in [5.74, 6) is -0.0707. The Labute approximate surface area is 128 Å². The Morgan fingerprint density at radius 3 is 2.73 bits per heavy atom. The summed E-state index contributed by atoms with van der Waals surface area (Å²) >= 11 is 0. The molecule has 3 N–H and O–H groups in total. The Hall–Kier alpha value is -2.95. The molecule has 0 fully saturated rings. The van der Waals surface area contributed by atoms with Crippen LogP contribution >= 0.6 is 0 Å². The second-order valence-electron chi connectivity index (χ2n) is 4.98. The van der Waals surface area contributed by atoms with Crippen molar-refractivity contribution >= 4 is 22.6 Å². The fourth-order valence-electron chi connectivity index (χ4n) is 2.26. The summed E-state index contributed by atoms with van der Waals surface area (Å²) in [6.07, 6.45) is 0. The Morgan fingerprint density at radius 2 is 2.00 bits per heavy atom. The van der Waals surface area contributed by atoms with Crippen LogP contribution in [0.4, 0.5) is 5.82 Å². The van der Waals surface area contributed by atoms with Crippen molar-refractivity contribution in [1.29, 1.82) is 0 Å². The number of primary amides is 1. The first-order valence-electron chi connectivity index (χ1n) is 6.94. The van der Waals surface area contributed by atoms with Crippen LogP contribution in [0.1, 0.15) is 29.1 Å². The average Bonchev–Trinajstić information content (AvgIpc) is 2.55. The van der Waals surface area contributed by atoms with E-state index in [2.05, 4.69) is 21.4 Å². The zero-order valence-corrected chi connectivity index (χ0v) is 12.1. The second kappa shape index (κ2) is 5.81. The molecule has 1 aromatic heterocycles. The number of fused-ring (bicyclic) bond motifs is 1. The lowest BCUT2D eigenvalue weighted by Gasteiger charge is -2.16. The number of anilines is 1. The minimum absolute atomic E-state index is 0.00135. The van der Waals surface area contributed by atoms with Gasteiger partial charge in [0.15, 0.2) is 0 Å². The molecule has 22 heavy (non-hydrogen) atoms. The fourth-order valence-corrected chi connectivity index (χ4v) is 2.26. The van der Waals surface area contributed by atoms with Crippen molar-refractivity contribution in [3.8, 4) is 0 Å². The molecule has 2 aromatic carbocycles. The predicted molar refractivity (Wildman–Crippen MR) is 85.4 cm³/mol. The summed E-state index contributed by atoms with van der Waals surface area (Å²) in [4.78, 5) is 19.8. The molecule has 0 saturated heterocycles. The minimum atomic E-state index is -0.648. The smallest absolute Gasteiger partial charge is 0.286 e. The first kappa shape index (κ1) is 14.0. The molecule has 1 radical (unpaired) electrons. The third-order valence-corrected chi connectivity index (χ3v) is 3.41. The standard InChI is InChI=1S/C17H15N4O/c1-11(12-7-3-2-4-8-12)19-16-13-9-5-6-10-14(13)20-17(21-16)15(18)22/h2-4,6-11H,1H3,(H2,18,22)(H,19,20,21). The van der Waals surface area contributed by atoms with Crippen molar-refractivity contribution in [3.05, 3.63) is 66.0 Å². The van der Waals surface area contributed by atoms with Crippen LogP contribution in [0, 0.1) is 6.07 Å². The number of hydrogen-bond acceptors (Lipinski definition) is 4. The lowest BCUT2D eigenvalue weighted by molar-refractivity contribution is 0.0991. The van der Waals surface area contributed by atoms with Crippen molar-refractivity contribution in [3.63, 3.8) is 0 Å². The number of carbonyl (C=O) groups is 1. The number of nitrogens with one attached hydrogen (secondary N) is 1. The first-order valence-corrected chi connectivity index (χ1v) is 6.94. The van der Waals surface area contributed by atoms with Crippen molar-refractivity contribution in [1.82, 2.24) is 9.97 Å². The highest BCUT2D eigenvalue weighted by Gasteiger charge is 2.13. The number of aromatic nitrogens is 2. The Bertz CT molecular complexity index is 817. The first-order chi connectivity index (χ1) is 10.6. The van der Waals surface area contributed by atoms with Crippen LogP contribution in [-0.4, -0.2) is 15.9 Å². The Balaban J connectivity index is 2.04. The van der Waals surface area contributed by atoms with Gasteiger partial charge in [-0.1, -0.05) is 36.4 Å². The van der Waals surface area contributed by atoms with Gasteiger partial charge >= 0.3 is 0 Å². The number of nitrogens with zero attached hydrogens (tertiary/aromatic N) is 2. The minimum Gasteiger partial charge on any atom is -0.363 e. The summed E-state index contributed by atoms with van der Waals surface area (Å²) in [6, 6.07) is 18.3. The number of amides is 1. The lowest BCUT2D eigenvalue weighted by atomic mass is 10.1. The molecule has 0 bridgehead atoms. The molecule has 0 spiro atoms. The quantitative estimate of drug-likeness (QED) is 0.774. The van der Waals surface area contributed by atoms with E-state index in [1.807, 2.05) is 37.3 Å². The molecule has 0 aliphatic rings. The molecule has 0 saturated carbocycles. The van der Waals surface area contributed by atoms with Gasteiger partial charge in [-0.05, 0) is 30.7 Å². The van der Waals surface area contributed by atoms with Crippen LogP contribution < -0.4 is 11.1 Å². The van der Waals surface area contributed by atoms with Gasteiger partial charge in [0.2, 0.25) is 5.82 Å². The maximum absolute atomic E-state index is 11.4. The highest BCUT2D eigenvalue weighted by Crippen LogP contribution is 2.24. The number of hydrogen-bond donors (Lipinski definition) is 2. The van der Waals surface area contributed by atoms with Crippen LogP contribution in [0.2, 0.25) is 0 Å². The van der Waals surface area contributed by atoms with Gasteiger partial charge in [0.1, 0.15) is 5.82 Å². The van der Waals surface area contributed by atoms with Gasteiger partial charge in [-0.25, -0.2) is 9.97 Å². The van der Waals surface area contributed by atoms with E-state index in [1.54, 1.807) is 18.2 Å². The number of benzene rings is 2. The Morgan fingerprint density at radius 1 is 1.23 bits per heavy atom. The van der Waals surface area contributed by atoms with E-state index < -0.39 is 5.91 Å². The largest absolute Gasteiger partial charge is 0.363 e. The van der Waals surface area contributed by atoms with Crippen molar-refractivity contribution in [2.45, 2.75) is 13.0 Å². The van der Waals surface area contributed by atoms with E-state index >= 15 is 0 Å². The molecule has 1 heterocycles. The van der Waals surface area contributed by atoms with Crippen molar-refractivity contribution in [2.24, 2.45) is 5.73 Å². The number of carbonyl (C=O) groups excluding carboxylic acids is 1.